The number of methoxy groups -OCH3 is 2. The molecule has 0 saturated heterocycles. The molecule has 0 aliphatic heterocycles. The zero-order valence-corrected chi connectivity index (χ0v) is 12.3. The van der Waals surface area contributed by atoms with Gasteiger partial charge < -0.3 is 19.5 Å². The minimum Gasteiger partial charge on any atom is -0.497 e. The summed E-state index contributed by atoms with van der Waals surface area (Å²) in [6.45, 7) is -0.241. The van der Waals surface area contributed by atoms with Gasteiger partial charge in [0, 0.05) is 11.6 Å². The summed E-state index contributed by atoms with van der Waals surface area (Å²) < 4.78 is 51.7. The molecule has 1 atom stereocenters. The highest BCUT2D eigenvalue weighted by atomic mass is 19.4. The van der Waals surface area contributed by atoms with Crippen LogP contribution in [0.3, 0.4) is 0 Å². The molecular formula is C14H20F3NO3. The van der Waals surface area contributed by atoms with Crippen molar-refractivity contribution in [3.05, 3.63) is 23.8 Å². The van der Waals surface area contributed by atoms with E-state index in [0.29, 0.717) is 11.5 Å². The fourth-order valence-electron chi connectivity index (χ4n) is 1.82. The van der Waals surface area contributed by atoms with E-state index in [1.54, 1.807) is 32.4 Å². The number of nitrogens with one attached hydrogen (secondary N) is 1. The number of hydrogen-bond donors (Lipinski definition) is 1. The Balaban J connectivity index is 2.67. The van der Waals surface area contributed by atoms with Gasteiger partial charge in [-0.15, -0.1) is 0 Å². The van der Waals surface area contributed by atoms with E-state index in [1.807, 2.05) is 0 Å². The molecule has 4 nitrogen and oxygen atoms in total. The van der Waals surface area contributed by atoms with Crippen molar-refractivity contribution in [1.29, 1.82) is 0 Å². The monoisotopic (exact) mass is 307 g/mol. The predicted octanol–water partition coefficient (Wildman–Crippen LogP) is 2.93. The van der Waals surface area contributed by atoms with E-state index < -0.39 is 12.6 Å². The number of likely N-dealkylation sites (N-methyl/N-ethyl adjacent to an activating group) is 1. The zero-order chi connectivity index (χ0) is 15.9. The maximum Gasteiger partial charge on any atom is 0.391 e. The smallest absolute Gasteiger partial charge is 0.391 e. The molecule has 0 fully saturated rings. The third kappa shape index (κ3) is 5.81. The van der Waals surface area contributed by atoms with Crippen molar-refractivity contribution in [3.8, 4) is 11.5 Å². The third-order valence-electron chi connectivity index (χ3n) is 2.98. The topological polar surface area (TPSA) is 39.7 Å². The third-order valence-corrected chi connectivity index (χ3v) is 2.98. The first kappa shape index (κ1) is 17.6. The van der Waals surface area contributed by atoms with Crippen LogP contribution in [0.5, 0.6) is 11.5 Å². The average Bonchev–Trinajstić information content (AvgIpc) is 2.46. The van der Waals surface area contributed by atoms with Crippen LogP contribution in [0, 0.1) is 0 Å². The Morgan fingerprint density at radius 1 is 1.19 bits per heavy atom. The van der Waals surface area contributed by atoms with Gasteiger partial charge in [-0.2, -0.15) is 13.2 Å². The van der Waals surface area contributed by atoms with Crippen molar-refractivity contribution < 1.29 is 27.4 Å². The van der Waals surface area contributed by atoms with Crippen molar-refractivity contribution in [1.82, 2.24) is 5.32 Å². The summed E-state index contributed by atoms with van der Waals surface area (Å²) in [4.78, 5) is 0. The fraction of sp³-hybridized carbons (Fsp3) is 0.571. The number of benzene rings is 1. The molecule has 0 bridgehead atoms. The van der Waals surface area contributed by atoms with Gasteiger partial charge in [0.15, 0.2) is 0 Å². The molecule has 0 amide bonds. The molecule has 21 heavy (non-hydrogen) atoms. The van der Waals surface area contributed by atoms with Crippen molar-refractivity contribution in [3.63, 3.8) is 0 Å². The van der Waals surface area contributed by atoms with Gasteiger partial charge in [0.2, 0.25) is 0 Å². The minimum absolute atomic E-state index is 0.120. The summed E-state index contributed by atoms with van der Waals surface area (Å²) in [6.07, 6.45) is -5.16. The molecule has 0 aromatic heterocycles. The molecule has 0 aliphatic rings. The Kier molecular flexibility index (Phi) is 6.77. The van der Waals surface area contributed by atoms with E-state index in [1.165, 1.54) is 7.11 Å². The Labute approximate surface area is 122 Å². The molecule has 0 saturated carbocycles. The van der Waals surface area contributed by atoms with Gasteiger partial charge in [0.25, 0.3) is 0 Å². The maximum atomic E-state index is 12.1. The van der Waals surface area contributed by atoms with Crippen LogP contribution in [-0.2, 0) is 4.74 Å². The van der Waals surface area contributed by atoms with E-state index in [4.69, 9.17) is 14.2 Å². The van der Waals surface area contributed by atoms with Crippen LogP contribution in [-0.4, -0.2) is 40.7 Å². The van der Waals surface area contributed by atoms with Gasteiger partial charge in [0.05, 0.1) is 39.9 Å². The van der Waals surface area contributed by atoms with Gasteiger partial charge in [0.1, 0.15) is 11.5 Å². The fourth-order valence-corrected chi connectivity index (χ4v) is 1.82. The second-order valence-corrected chi connectivity index (χ2v) is 4.39. The summed E-state index contributed by atoms with van der Waals surface area (Å²) in [7, 11) is 4.78. The largest absolute Gasteiger partial charge is 0.497 e. The minimum atomic E-state index is -4.20. The van der Waals surface area contributed by atoms with Gasteiger partial charge in [-0.05, 0) is 19.2 Å². The highest BCUT2D eigenvalue weighted by Gasteiger charge is 2.26. The van der Waals surface area contributed by atoms with Crippen molar-refractivity contribution >= 4 is 0 Å². The predicted molar refractivity (Wildman–Crippen MR) is 72.8 cm³/mol. The Morgan fingerprint density at radius 2 is 1.90 bits per heavy atom. The highest BCUT2D eigenvalue weighted by molar-refractivity contribution is 5.42. The molecule has 0 spiro atoms. The van der Waals surface area contributed by atoms with Crippen molar-refractivity contribution in [2.75, 3.05) is 34.5 Å². The summed E-state index contributed by atoms with van der Waals surface area (Å²) in [6, 6.07) is 5.01. The van der Waals surface area contributed by atoms with Crippen molar-refractivity contribution in [2.24, 2.45) is 0 Å². The molecule has 1 N–H and O–H groups in total. The number of alkyl halides is 3. The second-order valence-electron chi connectivity index (χ2n) is 4.39. The van der Waals surface area contributed by atoms with E-state index in [-0.39, 0.29) is 19.3 Å². The molecule has 1 unspecified atom stereocenters. The Hall–Kier alpha value is -1.47. The average molecular weight is 307 g/mol. The molecule has 0 radical (unpaired) electrons. The molecule has 1 aromatic rings. The van der Waals surface area contributed by atoms with Crippen LogP contribution >= 0.6 is 0 Å². The van der Waals surface area contributed by atoms with E-state index >= 15 is 0 Å². The number of halogens is 3. The molecule has 1 aromatic carbocycles. The molecule has 120 valence electrons. The van der Waals surface area contributed by atoms with Crippen molar-refractivity contribution in [2.45, 2.75) is 18.6 Å². The summed E-state index contributed by atoms with van der Waals surface area (Å²) >= 11 is 0. The normalized spacial score (nSPS) is 13.0. The molecule has 0 aliphatic carbocycles. The SMILES string of the molecule is CNC(COCCC(F)(F)F)c1ccc(OC)cc1OC. The molecule has 1 rings (SSSR count). The van der Waals surface area contributed by atoms with Gasteiger partial charge >= 0.3 is 6.18 Å². The molecule has 0 heterocycles. The second kappa shape index (κ2) is 8.09. The van der Waals surface area contributed by atoms with Crippen LogP contribution in [0.25, 0.3) is 0 Å². The maximum absolute atomic E-state index is 12.1. The van der Waals surface area contributed by atoms with Crippen LogP contribution in [0.2, 0.25) is 0 Å². The molecule has 7 heteroatoms. The summed E-state index contributed by atoms with van der Waals surface area (Å²) in [5.74, 6) is 1.23. The standard InChI is InChI=1S/C14H20F3NO3/c1-18-12(9-21-7-6-14(15,16)17)11-5-4-10(19-2)8-13(11)20-3/h4-5,8,12,18H,6-7,9H2,1-3H3. The Bertz CT molecular complexity index is 438. The first-order valence-electron chi connectivity index (χ1n) is 6.45. The Morgan fingerprint density at radius 3 is 2.43 bits per heavy atom. The summed E-state index contributed by atoms with van der Waals surface area (Å²) in [5, 5.41) is 3.00. The first-order valence-corrected chi connectivity index (χ1v) is 6.45. The van der Waals surface area contributed by atoms with Crippen LogP contribution in [0.15, 0.2) is 18.2 Å². The lowest BCUT2D eigenvalue weighted by molar-refractivity contribution is -0.145. The van der Waals surface area contributed by atoms with Crippen LogP contribution < -0.4 is 14.8 Å². The van der Waals surface area contributed by atoms with Crippen LogP contribution in [0.1, 0.15) is 18.0 Å². The van der Waals surface area contributed by atoms with Gasteiger partial charge in [-0.1, -0.05) is 0 Å². The summed E-state index contributed by atoms with van der Waals surface area (Å²) in [5.41, 5.74) is 0.799. The van der Waals surface area contributed by atoms with E-state index in [2.05, 4.69) is 5.32 Å². The van der Waals surface area contributed by atoms with E-state index in [9.17, 15) is 13.2 Å². The zero-order valence-electron chi connectivity index (χ0n) is 12.3. The molecular weight excluding hydrogens is 287 g/mol. The van der Waals surface area contributed by atoms with Gasteiger partial charge in [-0.25, -0.2) is 0 Å². The van der Waals surface area contributed by atoms with Crippen LogP contribution in [0.4, 0.5) is 13.2 Å². The lowest BCUT2D eigenvalue weighted by Gasteiger charge is -2.20. The number of ether oxygens (including phenoxy) is 3. The first-order chi connectivity index (χ1) is 9.91. The quantitative estimate of drug-likeness (QED) is 0.750. The highest BCUT2D eigenvalue weighted by Crippen LogP contribution is 2.29. The van der Waals surface area contributed by atoms with Gasteiger partial charge in [-0.3, -0.25) is 0 Å². The number of rotatable bonds is 8. The number of hydrogen-bond acceptors (Lipinski definition) is 4. The lowest BCUT2D eigenvalue weighted by Crippen LogP contribution is -2.23. The van der Waals surface area contributed by atoms with E-state index in [0.717, 1.165) is 5.56 Å². The lowest BCUT2D eigenvalue weighted by atomic mass is 10.1.